The van der Waals surface area contributed by atoms with E-state index in [4.69, 9.17) is 14.2 Å². The summed E-state index contributed by atoms with van der Waals surface area (Å²) in [5.41, 5.74) is 0.679. The molecule has 0 atom stereocenters. The minimum Gasteiger partial charge on any atom is -0.493 e. The summed E-state index contributed by atoms with van der Waals surface area (Å²) >= 11 is 0. The number of fused-ring (bicyclic) bond motifs is 1. The maximum absolute atomic E-state index is 15.1. The van der Waals surface area contributed by atoms with Gasteiger partial charge < -0.3 is 29.0 Å². The van der Waals surface area contributed by atoms with Gasteiger partial charge in [-0.2, -0.15) is 0 Å². The number of halogens is 2. The van der Waals surface area contributed by atoms with E-state index in [9.17, 15) is 18.8 Å². The highest BCUT2D eigenvalue weighted by molar-refractivity contribution is 6.05. The average Bonchev–Trinajstić information content (AvgIpc) is 3.13. The number of amides is 3. The lowest BCUT2D eigenvalue weighted by atomic mass is 9.98. The summed E-state index contributed by atoms with van der Waals surface area (Å²) < 4.78 is 47.4. The van der Waals surface area contributed by atoms with Crippen LogP contribution in [0.15, 0.2) is 35.1 Å². The van der Waals surface area contributed by atoms with Gasteiger partial charge >= 0.3 is 6.03 Å². The van der Waals surface area contributed by atoms with E-state index in [1.54, 1.807) is 18.2 Å². The molecule has 4 aliphatic rings. The highest BCUT2D eigenvalue weighted by atomic mass is 19.1. The monoisotopic (exact) mass is 709 g/mol. The molecule has 0 radical (unpaired) electrons. The Morgan fingerprint density at radius 1 is 0.863 bits per heavy atom. The number of nitrogens with one attached hydrogen (secondary N) is 2. The lowest BCUT2D eigenvalue weighted by Gasteiger charge is -2.38. The number of likely N-dealkylation sites (tertiary alicyclic amines) is 1. The van der Waals surface area contributed by atoms with Crippen molar-refractivity contribution in [2.75, 3.05) is 88.5 Å². The number of hydrogen-bond acceptors (Lipinski definition) is 10. The van der Waals surface area contributed by atoms with Gasteiger partial charge in [0.1, 0.15) is 35.2 Å². The van der Waals surface area contributed by atoms with Crippen molar-refractivity contribution in [3.8, 4) is 5.75 Å². The molecule has 0 saturated carbocycles. The van der Waals surface area contributed by atoms with Crippen LogP contribution in [0.2, 0.25) is 0 Å². The predicted octanol–water partition coefficient (Wildman–Crippen LogP) is 3.26. The molecule has 4 saturated heterocycles. The third-order valence-electron chi connectivity index (χ3n) is 10.3. The number of rotatable bonds is 11. The van der Waals surface area contributed by atoms with E-state index in [-0.39, 0.29) is 48.3 Å². The van der Waals surface area contributed by atoms with Gasteiger partial charge in [-0.25, -0.2) is 18.6 Å². The van der Waals surface area contributed by atoms with Crippen LogP contribution in [-0.2, 0) is 20.9 Å². The van der Waals surface area contributed by atoms with Crippen molar-refractivity contribution in [2.45, 2.75) is 44.8 Å². The van der Waals surface area contributed by atoms with Crippen LogP contribution in [0.25, 0.3) is 10.9 Å². The highest BCUT2D eigenvalue weighted by Crippen LogP contribution is 2.28. The van der Waals surface area contributed by atoms with E-state index in [0.717, 1.165) is 65.0 Å². The molecule has 13 nitrogen and oxygen atoms in total. The van der Waals surface area contributed by atoms with Gasteiger partial charge in [-0.05, 0) is 62.9 Å². The summed E-state index contributed by atoms with van der Waals surface area (Å²) in [5.74, 6) is -0.300. The molecule has 4 fully saturated rings. The molecule has 0 unspecified atom stereocenters. The Kier molecular flexibility index (Phi) is 11.1. The Morgan fingerprint density at radius 2 is 1.61 bits per heavy atom. The van der Waals surface area contributed by atoms with Crippen molar-refractivity contribution in [3.05, 3.63) is 58.1 Å². The van der Waals surface area contributed by atoms with Crippen molar-refractivity contribution in [2.24, 2.45) is 5.92 Å². The summed E-state index contributed by atoms with van der Waals surface area (Å²) in [5, 5.41) is 2.19. The quantitative estimate of drug-likeness (QED) is 0.306. The first kappa shape index (κ1) is 35.2. The first-order valence-corrected chi connectivity index (χ1v) is 17.9. The predicted molar refractivity (Wildman–Crippen MR) is 186 cm³/mol. The van der Waals surface area contributed by atoms with Crippen LogP contribution in [0, 0.1) is 17.6 Å². The zero-order valence-electron chi connectivity index (χ0n) is 28.7. The van der Waals surface area contributed by atoms with Crippen LogP contribution < -0.4 is 25.4 Å². The van der Waals surface area contributed by atoms with Crippen LogP contribution in [0.5, 0.6) is 5.75 Å². The fraction of sp³-hybridized carbons (Fsp3) is 0.556. The highest BCUT2D eigenvalue weighted by Gasteiger charge is 2.27. The second-order valence-electron chi connectivity index (χ2n) is 13.7. The maximum atomic E-state index is 15.1. The van der Waals surface area contributed by atoms with Gasteiger partial charge in [0.25, 0.3) is 5.56 Å². The first-order chi connectivity index (χ1) is 24.8. The number of urea groups is 1. The van der Waals surface area contributed by atoms with Gasteiger partial charge in [-0.3, -0.25) is 24.7 Å². The summed E-state index contributed by atoms with van der Waals surface area (Å²) in [6.07, 6.45) is 3.76. The molecule has 0 spiro atoms. The lowest BCUT2D eigenvalue weighted by Crippen LogP contribution is -2.50. The molecular formula is C36H45F2N7O6. The van der Waals surface area contributed by atoms with Gasteiger partial charge in [0.15, 0.2) is 0 Å². The van der Waals surface area contributed by atoms with E-state index < -0.39 is 17.4 Å². The molecule has 1 aromatic heterocycles. The Hall–Kier alpha value is -4.18. The molecule has 15 heteroatoms. The first-order valence-electron chi connectivity index (χ1n) is 17.9. The van der Waals surface area contributed by atoms with Crippen molar-refractivity contribution >= 4 is 34.2 Å². The minimum absolute atomic E-state index is 0.0472. The van der Waals surface area contributed by atoms with E-state index in [1.807, 2.05) is 4.90 Å². The van der Waals surface area contributed by atoms with Gasteiger partial charge in [-0.15, -0.1) is 0 Å². The van der Waals surface area contributed by atoms with Crippen LogP contribution in [-0.4, -0.2) is 117 Å². The number of benzene rings is 2. The average molecular weight is 710 g/mol. The number of carbonyl (C=O) groups is 2. The molecule has 274 valence electrons. The van der Waals surface area contributed by atoms with E-state index in [1.165, 1.54) is 17.0 Å². The molecule has 0 aliphatic carbocycles. The van der Waals surface area contributed by atoms with Gasteiger partial charge in [0.05, 0.1) is 23.9 Å². The minimum atomic E-state index is -0.658. The summed E-state index contributed by atoms with van der Waals surface area (Å²) in [7, 11) is 0. The SMILES string of the molecule is O=C1CCN(c2ccc(N3CCN(CCN4CCC(COc5cc(F)c6c(=O)[nH]c(COC7CCOCC7)nc6c5)CC4)CC3)c(F)c2)C(=O)N1. The van der Waals surface area contributed by atoms with E-state index >= 15 is 4.39 Å². The molecule has 2 aromatic carbocycles. The number of aromatic amines is 1. The number of nitrogens with zero attached hydrogens (tertiary/aromatic N) is 5. The number of aromatic nitrogens is 2. The Labute approximate surface area is 294 Å². The normalized spacial score (nSPS) is 20.3. The van der Waals surface area contributed by atoms with Crippen LogP contribution in [0.4, 0.5) is 25.0 Å². The molecule has 51 heavy (non-hydrogen) atoms. The number of carbonyl (C=O) groups excluding carboxylic acids is 2. The van der Waals surface area contributed by atoms with Gasteiger partial charge in [0.2, 0.25) is 5.91 Å². The van der Waals surface area contributed by atoms with Crippen LogP contribution in [0.3, 0.4) is 0 Å². The zero-order chi connectivity index (χ0) is 35.3. The number of piperazine rings is 1. The number of hydrogen-bond donors (Lipinski definition) is 2. The molecule has 4 aliphatic heterocycles. The number of H-pyrrole nitrogens is 1. The van der Waals surface area contributed by atoms with E-state index in [2.05, 4.69) is 25.1 Å². The van der Waals surface area contributed by atoms with E-state index in [0.29, 0.717) is 61.8 Å². The number of anilines is 2. The standard InChI is InChI=1S/C36H45F2N7O6/c37-28-19-25(45-10-5-33(46)41-36(45)48)1-2-31(28)44-15-13-43(14-16-44)12-11-42-8-3-24(4-9-42)22-50-27-20-29(38)34-30(21-27)39-32(40-35(34)47)23-51-26-6-17-49-18-7-26/h1-2,19-21,24,26H,3-18,22-23H2,(H,39,40,47)(H,41,46,48). The second kappa shape index (κ2) is 16.0. The smallest absolute Gasteiger partial charge is 0.328 e. The zero-order valence-corrected chi connectivity index (χ0v) is 28.7. The third-order valence-corrected chi connectivity index (χ3v) is 10.3. The van der Waals surface area contributed by atoms with Gasteiger partial charge in [-0.1, -0.05) is 0 Å². The molecule has 7 rings (SSSR count). The molecule has 3 aromatic rings. The number of piperidine rings is 1. The van der Waals surface area contributed by atoms with Crippen LogP contribution >= 0.6 is 0 Å². The molecule has 5 heterocycles. The van der Waals surface area contributed by atoms with Crippen LogP contribution in [0.1, 0.15) is 37.9 Å². The van der Waals surface area contributed by atoms with Crippen molar-refractivity contribution < 1.29 is 32.6 Å². The van der Waals surface area contributed by atoms with Crippen molar-refractivity contribution in [1.82, 2.24) is 25.1 Å². The fourth-order valence-corrected chi connectivity index (χ4v) is 7.26. The van der Waals surface area contributed by atoms with Crippen molar-refractivity contribution in [1.29, 1.82) is 0 Å². The Balaban J connectivity index is 0.832. The summed E-state index contributed by atoms with van der Waals surface area (Å²) in [6, 6.07) is 7.18. The lowest BCUT2D eigenvalue weighted by molar-refractivity contribution is -0.120. The van der Waals surface area contributed by atoms with Gasteiger partial charge in [0, 0.05) is 83.3 Å². The van der Waals surface area contributed by atoms with Crippen molar-refractivity contribution in [3.63, 3.8) is 0 Å². The number of imide groups is 1. The number of ether oxygens (including phenoxy) is 3. The summed E-state index contributed by atoms with van der Waals surface area (Å²) in [4.78, 5) is 51.6. The third kappa shape index (κ3) is 8.66. The maximum Gasteiger partial charge on any atom is 0.328 e. The topological polar surface area (TPSA) is 133 Å². The largest absolute Gasteiger partial charge is 0.493 e. The molecular weight excluding hydrogens is 664 g/mol. The Morgan fingerprint density at radius 3 is 2.33 bits per heavy atom. The Bertz CT molecular complexity index is 1770. The molecule has 0 bridgehead atoms. The molecule has 2 N–H and O–H groups in total. The second-order valence-corrected chi connectivity index (χ2v) is 13.7. The molecule has 3 amide bonds. The fourth-order valence-electron chi connectivity index (χ4n) is 7.26. The summed E-state index contributed by atoms with van der Waals surface area (Å²) in [6.45, 7) is 9.00.